The Bertz CT molecular complexity index is 473. The molecule has 1 aromatic carbocycles. The van der Waals surface area contributed by atoms with Crippen molar-refractivity contribution < 1.29 is 13.9 Å². The number of rotatable bonds is 5. The third-order valence-electron chi connectivity index (χ3n) is 3.52. The third-order valence-corrected chi connectivity index (χ3v) is 3.52. The van der Waals surface area contributed by atoms with Crippen LogP contribution in [0.2, 0.25) is 0 Å². The van der Waals surface area contributed by atoms with Gasteiger partial charge in [-0.25, -0.2) is 9.18 Å². The fourth-order valence-corrected chi connectivity index (χ4v) is 2.32. The topological polar surface area (TPSA) is 50.4 Å². The molecule has 0 aromatic heterocycles. The summed E-state index contributed by atoms with van der Waals surface area (Å²) in [5.74, 6) is -0.287. The highest BCUT2D eigenvalue weighted by Crippen LogP contribution is 2.23. The van der Waals surface area contributed by atoms with Crippen LogP contribution in [0.4, 0.5) is 14.9 Å². The summed E-state index contributed by atoms with van der Waals surface area (Å²) in [7, 11) is 0. The maximum absolute atomic E-state index is 13.6. The van der Waals surface area contributed by atoms with Crippen LogP contribution in [0.5, 0.6) is 0 Å². The maximum atomic E-state index is 13.6. The number of hydrogen-bond acceptors (Lipinski definition) is 2. The molecule has 0 heterocycles. The molecule has 0 radical (unpaired) electrons. The minimum Gasteiger partial charge on any atom is -0.378 e. The van der Waals surface area contributed by atoms with E-state index in [1.807, 2.05) is 13.8 Å². The first kappa shape index (κ1) is 14.8. The van der Waals surface area contributed by atoms with Gasteiger partial charge in [-0.1, -0.05) is 13.0 Å². The SMILES string of the molecule is CCOC1CC(NC(=O)Nc2ccc(CC)c(F)c2)C1. The molecule has 0 saturated heterocycles. The van der Waals surface area contributed by atoms with Gasteiger partial charge >= 0.3 is 6.03 Å². The van der Waals surface area contributed by atoms with E-state index in [1.165, 1.54) is 6.07 Å². The average molecular weight is 280 g/mol. The number of carbonyl (C=O) groups is 1. The largest absolute Gasteiger partial charge is 0.378 e. The number of anilines is 1. The molecule has 5 heteroatoms. The van der Waals surface area contributed by atoms with Crippen molar-refractivity contribution >= 4 is 11.7 Å². The average Bonchev–Trinajstić information content (AvgIpc) is 2.36. The van der Waals surface area contributed by atoms with E-state index in [9.17, 15) is 9.18 Å². The lowest BCUT2D eigenvalue weighted by molar-refractivity contribution is -0.00673. The lowest BCUT2D eigenvalue weighted by Gasteiger charge is -2.35. The van der Waals surface area contributed by atoms with Gasteiger partial charge in [-0.3, -0.25) is 0 Å². The number of ether oxygens (including phenoxy) is 1. The predicted molar refractivity (Wildman–Crippen MR) is 76.4 cm³/mol. The zero-order valence-electron chi connectivity index (χ0n) is 11.9. The van der Waals surface area contributed by atoms with Crippen molar-refractivity contribution in [3.63, 3.8) is 0 Å². The summed E-state index contributed by atoms with van der Waals surface area (Å²) >= 11 is 0. The van der Waals surface area contributed by atoms with Gasteiger partial charge in [0.25, 0.3) is 0 Å². The molecule has 0 aliphatic heterocycles. The molecule has 4 nitrogen and oxygen atoms in total. The molecule has 0 unspecified atom stereocenters. The molecule has 1 saturated carbocycles. The number of amides is 2. The van der Waals surface area contributed by atoms with Crippen LogP contribution in [-0.4, -0.2) is 24.8 Å². The number of carbonyl (C=O) groups excluding carboxylic acids is 1. The van der Waals surface area contributed by atoms with E-state index in [0.717, 1.165) is 12.8 Å². The lowest BCUT2D eigenvalue weighted by Crippen LogP contribution is -2.49. The van der Waals surface area contributed by atoms with E-state index in [-0.39, 0.29) is 24.0 Å². The van der Waals surface area contributed by atoms with Gasteiger partial charge in [0.2, 0.25) is 0 Å². The highest BCUT2D eigenvalue weighted by molar-refractivity contribution is 5.89. The molecule has 0 bridgehead atoms. The van der Waals surface area contributed by atoms with Crippen molar-refractivity contribution in [3.05, 3.63) is 29.6 Å². The zero-order valence-corrected chi connectivity index (χ0v) is 11.9. The van der Waals surface area contributed by atoms with Crippen LogP contribution in [0, 0.1) is 5.82 Å². The van der Waals surface area contributed by atoms with Crippen molar-refractivity contribution in [2.24, 2.45) is 0 Å². The number of nitrogens with one attached hydrogen (secondary N) is 2. The summed E-state index contributed by atoms with van der Waals surface area (Å²) in [6.07, 6.45) is 2.57. The molecule has 20 heavy (non-hydrogen) atoms. The first-order valence-electron chi connectivity index (χ1n) is 7.09. The Kier molecular flexibility index (Phi) is 4.95. The monoisotopic (exact) mass is 280 g/mol. The number of aryl methyl sites for hydroxylation is 1. The maximum Gasteiger partial charge on any atom is 0.319 e. The van der Waals surface area contributed by atoms with Gasteiger partial charge in [0.1, 0.15) is 5.82 Å². The summed E-state index contributed by atoms with van der Waals surface area (Å²) in [4.78, 5) is 11.8. The van der Waals surface area contributed by atoms with E-state index >= 15 is 0 Å². The van der Waals surface area contributed by atoms with Crippen LogP contribution in [0.1, 0.15) is 32.3 Å². The molecule has 2 amide bonds. The number of halogens is 1. The molecule has 2 N–H and O–H groups in total. The molecule has 0 atom stereocenters. The van der Waals surface area contributed by atoms with Gasteiger partial charge in [-0.2, -0.15) is 0 Å². The van der Waals surface area contributed by atoms with E-state index in [4.69, 9.17) is 4.74 Å². The Balaban J connectivity index is 1.79. The Morgan fingerprint density at radius 1 is 1.40 bits per heavy atom. The van der Waals surface area contributed by atoms with Crippen LogP contribution >= 0.6 is 0 Å². The molecular weight excluding hydrogens is 259 g/mol. The Morgan fingerprint density at radius 3 is 2.75 bits per heavy atom. The summed E-state index contributed by atoms with van der Waals surface area (Å²) < 4.78 is 19.0. The summed E-state index contributed by atoms with van der Waals surface area (Å²) in [6.45, 7) is 4.55. The molecular formula is C15H21FN2O2. The predicted octanol–water partition coefficient (Wildman–Crippen LogP) is 3.08. The highest BCUT2D eigenvalue weighted by Gasteiger charge is 2.30. The summed E-state index contributed by atoms with van der Waals surface area (Å²) in [5, 5.41) is 5.50. The normalized spacial score (nSPS) is 21.1. The van der Waals surface area contributed by atoms with Gasteiger partial charge < -0.3 is 15.4 Å². The van der Waals surface area contributed by atoms with Gasteiger partial charge in [-0.05, 0) is 43.9 Å². The first-order chi connectivity index (χ1) is 9.62. The van der Waals surface area contributed by atoms with Crippen LogP contribution in [-0.2, 0) is 11.2 Å². The number of urea groups is 1. The standard InChI is InChI=1S/C15H21FN2O2/c1-3-10-5-6-11(9-14(10)16)17-15(19)18-12-7-13(8-12)20-4-2/h5-6,9,12-13H,3-4,7-8H2,1-2H3,(H2,17,18,19). The van der Waals surface area contributed by atoms with Crippen LogP contribution < -0.4 is 10.6 Å². The van der Waals surface area contributed by atoms with Crippen molar-refractivity contribution in [3.8, 4) is 0 Å². The molecule has 1 aliphatic carbocycles. The van der Waals surface area contributed by atoms with Crippen LogP contribution in [0.25, 0.3) is 0 Å². The first-order valence-corrected chi connectivity index (χ1v) is 7.09. The quantitative estimate of drug-likeness (QED) is 0.871. The fourth-order valence-electron chi connectivity index (χ4n) is 2.32. The minimum atomic E-state index is -0.298. The van der Waals surface area contributed by atoms with Crippen molar-refractivity contribution in [1.29, 1.82) is 0 Å². The Hall–Kier alpha value is -1.62. The van der Waals surface area contributed by atoms with E-state index < -0.39 is 0 Å². The van der Waals surface area contributed by atoms with E-state index in [1.54, 1.807) is 12.1 Å². The molecule has 1 aromatic rings. The Morgan fingerprint density at radius 2 is 2.15 bits per heavy atom. The van der Waals surface area contributed by atoms with Crippen LogP contribution in [0.15, 0.2) is 18.2 Å². The molecule has 0 spiro atoms. The molecule has 1 fully saturated rings. The number of benzene rings is 1. The highest BCUT2D eigenvalue weighted by atomic mass is 19.1. The molecule has 1 aliphatic rings. The zero-order chi connectivity index (χ0) is 14.5. The molecule has 2 rings (SSSR count). The lowest BCUT2D eigenvalue weighted by atomic mass is 9.89. The fraction of sp³-hybridized carbons (Fsp3) is 0.533. The van der Waals surface area contributed by atoms with Crippen molar-refractivity contribution in [1.82, 2.24) is 5.32 Å². The third kappa shape index (κ3) is 3.70. The minimum absolute atomic E-state index is 0.145. The van der Waals surface area contributed by atoms with Gasteiger partial charge in [-0.15, -0.1) is 0 Å². The van der Waals surface area contributed by atoms with Crippen LogP contribution in [0.3, 0.4) is 0 Å². The Labute approximate surface area is 118 Å². The summed E-state index contributed by atoms with van der Waals surface area (Å²) in [6, 6.07) is 4.60. The molecule has 110 valence electrons. The van der Waals surface area contributed by atoms with E-state index in [2.05, 4.69) is 10.6 Å². The van der Waals surface area contributed by atoms with Gasteiger partial charge in [0.05, 0.1) is 6.10 Å². The van der Waals surface area contributed by atoms with Gasteiger partial charge in [0, 0.05) is 18.3 Å². The second-order valence-electron chi connectivity index (χ2n) is 5.00. The summed E-state index contributed by atoms with van der Waals surface area (Å²) in [5.41, 5.74) is 1.12. The van der Waals surface area contributed by atoms with Gasteiger partial charge in [0.15, 0.2) is 0 Å². The second-order valence-corrected chi connectivity index (χ2v) is 5.00. The van der Waals surface area contributed by atoms with Crippen molar-refractivity contribution in [2.75, 3.05) is 11.9 Å². The number of hydrogen-bond donors (Lipinski definition) is 2. The van der Waals surface area contributed by atoms with E-state index in [0.29, 0.717) is 24.3 Å². The second kappa shape index (κ2) is 6.70. The van der Waals surface area contributed by atoms with Crippen molar-refractivity contribution in [2.45, 2.75) is 45.3 Å². The smallest absolute Gasteiger partial charge is 0.319 e.